The molecule has 0 fully saturated rings. The van der Waals surface area contributed by atoms with Gasteiger partial charge in [0.15, 0.2) is 0 Å². The highest BCUT2D eigenvalue weighted by atomic mass is 79.9. The number of nitrogens with zero attached hydrogens (tertiary/aromatic N) is 1. The first kappa shape index (κ1) is 15.9. The molecule has 1 aromatic heterocycles. The minimum atomic E-state index is 0. The third-order valence-electron chi connectivity index (χ3n) is 3.38. The van der Waals surface area contributed by atoms with Crippen LogP contribution in [0.25, 0.3) is 10.2 Å². The molecule has 0 saturated carbocycles. The van der Waals surface area contributed by atoms with E-state index in [1.54, 1.807) is 11.3 Å². The molecule has 2 aromatic carbocycles. The lowest BCUT2D eigenvalue weighted by Crippen LogP contribution is -3.00. The minimum absolute atomic E-state index is 0. The Hall–Kier alpha value is -1.52. The summed E-state index contributed by atoms with van der Waals surface area (Å²) in [5, 5.41) is 1.25. The largest absolute Gasteiger partial charge is 1.00 e. The van der Waals surface area contributed by atoms with Gasteiger partial charge in [-0.2, -0.15) is 4.57 Å². The number of Topliss-reactive ketones (excluding diaryl/α,β-unsaturated/α-hetero) is 1. The number of carbonyl (C=O) groups excluding carboxylic acids is 1. The van der Waals surface area contributed by atoms with E-state index in [2.05, 4.69) is 23.6 Å². The molecule has 1 heterocycles. The number of carbonyl (C=O) groups is 1. The van der Waals surface area contributed by atoms with Crippen molar-refractivity contribution in [3.05, 3.63) is 65.2 Å². The second kappa shape index (κ2) is 6.96. The van der Waals surface area contributed by atoms with Crippen molar-refractivity contribution in [2.75, 3.05) is 0 Å². The zero-order valence-electron chi connectivity index (χ0n) is 11.8. The van der Waals surface area contributed by atoms with Gasteiger partial charge in [0.2, 0.25) is 22.9 Å². The number of para-hydroxylation sites is 1. The van der Waals surface area contributed by atoms with Gasteiger partial charge in [0, 0.05) is 18.1 Å². The summed E-state index contributed by atoms with van der Waals surface area (Å²) in [5.74, 6) is 0.161. The van der Waals surface area contributed by atoms with Crippen LogP contribution in [0.15, 0.2) is 54.6 Å². The van der Waals surface area contributed by atoms with Gasteiger partial charge in [-0.15, -0.1) is 0 Å². The molecule has 0 amide bonds. The molecule has 0 N–H and O–H groups in total. The highest BCUT2D eigenvalue weighted by Gasteiger charge is 2.22. The summed E-state index contributed by atoms with van der Waals surface area (Å²) in [6.45, 7) is 2.55. The van der Waals surface area contributed by atoms with Crippen molar-refractivity contribution >= 4 is 27.3 Å². The Morgan fingerprint density at radius 2 is 1.71 bits per heavy atom. The molecule has 0 atom stereocenters. The highest BCUT2D eigenvalue weighted by molar-refractivity contribution is 7.18. The van der Waals surface area contributed by atoms with E-state index in [0.717, 1.165) is 17.5 Å². The number of hydrogen-bond donors (Lipinski definition) is 0. The molecule has 0 aliphatic heterocycles. The summed E-state index contributed by atoms with van der Waals surface area (Å²) in [6.07, 6.45) is 0.946. The molecule has 3 rings (SSSR count). The molecule has 108 valence electrons. The van der Waals surface area contributed by atoms with E-state index in [-0.39, 0.29) is 22.8 Å². The molecule has 0 saturated heterocycles. The third-order valence-corrected chi connectivity index (χ3v) is 4.69. The third kappa shape index (κ3) is 3.22. The van der Waals surface area contributed by atoms with Crippen molar-refractivity contribution in [2.24, 2.45) is 0 Å². The normalized spacial score (nSPS) is 10.3. The van der Waals surface area contributed by atoms with E-state index >= 15 is 0 Å². The first-order valence-electron chi connectivity index (χ1n) is 6.78. The summed E-state index contributed by atoms with van der Waals surface area (Å²) < 4.78 is 3.39. The van der Waals surface area contributed by atoms with Gasteiger partial charge in [-0.3, -0.25) is 4.79 Å². The predicted molar refractivity (Wildman–Crippen MR) is 82.2 cm³/mol. The summed E-state index contributed by atoms with van der Waals surface area (Å²) >= 11 is 1.77. The second-order valence-electron chi connectivity index (χ2n) is 4.69. The Labute approximate surface area is 138 Å². The first-order chi connectivity index (χ1) is 9.79. The van der Waals surface area contributed by atoms with Crippen molar-refractivity contribution in [3.63, 3.8) is 0 Å². The highest BCUT2D eigenvalue weighted by Crippen LogP contribution is 2.20. The van der Waals surface area contributed by atoms with Gasteiger partial charge in [0.1, 0.15) is 4.70 Å². The Kier molecular flexibility index (Phi) is 5.26. The lowest BCUT2D eigenvalue weighted by atomic mass is 10.1. The van der Waals surface area contributed by atoms with E-state index in [9.17, 15) is 4.79 Å². The SMILES string of the molecule is CCc1sc2ccccc2[n+]1CC(=O)c1ccccc1.[Br-]. The number of aryl methyl sites for hydroxylation is 1. The molecule has 0 unspecified atom stereocenters. The minimum Gasteiger partial charge on any atom is -1.00 e. The number of benzene rings is 2. The standard InChI is InChI=1S/C17H16NOS.BrH/c1-2-17-18(14-10-6-7-11-16(14)20-17)12-15(19)13-8-4-3-5-9-13;/h3-11H,2,12H2,1H3;1H/q+1;/p-1. The summed E-state index contributed by atoms with van der Waals surface area (Å²) in [5.41, 5.74) is 1.93. The molecular formula is C17H16BrNOS. The molecule has 0 aliphatic carbocycles. The van der Waals surface area contributed by atoms with Gasteiger partial charge in [0.05, 0.1) is 0 Å². The maximum absolute atomic E-state index is 12.4. The van der Waals surface area contributed by atoms with Crippen molar-refractivity contribution in [1.82, 2.24) is 0 Å². The van der Waals surface area contributed by atoms with Crippen LogP contribution in [0.3, 0.4) is 0 Å². The molecule has 21 heavy (non-hydrogen) atoms. The van der Waals surface area contributed by atoms with Gasteiger partial charge in [0.25, 0.3) is 0 Å². The quantitative estimate of drug-likeness (QED) is 0.493. The van der Waals surface area contributed by atoms with Crippen LogP contribution in [-0.2, 0) is 13.0 Å². The van der Waals surface area contributed by atoms with E-state index < -0.39 is 0 Å². The number of hydrogen-bond acceptors (Lipinski definition) is 2. The van der Waals surface area contributed by atoms with Gasteiger partial charge in [-0.1, -0.05) is 60.7 Å². The summed E-state index contributed by atoms with van der Waals surface area (Å²) in [4.78, 5) is 12.4. The average molecular weight is 362 g/mol. The molecule has 0 aliphatic rings. The molecular weight excluding hydrogens is 346 g/mol. The molecule has 0 radical (unpaired) electrons. The number of rotatable bonds is 4. The number of fused-ring (bicyclic) bond motifs is 1. The first-order valence-corrected chi connectivity index (χ1v) is 7.59. The van der Waals surface area contributed by atoms with Crippen LogP contribution in [0.5, 0.6) is 0 Å². The van der Waals surface area contributed by atoms with E-state index in [1.807, 2.05) is 42.5 Å². The smallest absolute Gasteiger partial charge is 0.238 e. The lowest BCUT2D eigenvalue weighted by molar-refractivity contribution is -0.660. The Morgan fingerprint density at radius 3 is 2.43 bits per heavy atom. The van der Waals surface area contributed by atoms with Gasteiger partial charge in [-0.05, 0) is 6.07 Å². The zero-order valence-corrected chi connectivity index (χ0v) is 14.2. The fourth-order valence-corrected chi connectivity index (χ4v) is 3.48. The predicted octanol–water partition coefficient (Wildman–Crippen LogP) is 0.638. The zero-order chi connectivity index (χ0) is 13.9. The van der Waals surface area contributed by atoms with Crippen LogP contribution in [0.1, 0.15) is 22.3 Å². The van der Waals surface area contributed by atoms with Crippen LogP contribution in [0.4, 0.5) is 0 Å². The summed E-state index contributed by atoms with van der Waals surface area (Å²) in [7, 11) is 0. The molecule has 3 aromatic rings. The van der Waals surface area contributed by atoms with E-state index in [0.29, 0.717) is 6.54 Å². The molecule has 0 bridgehead atoms. The van der Waals surface area contributed by atoms with Gasteiger partial charge < -0.3 is 17.0 Å². The van der Waals surface area contributed by atoms with Gasteiger partial charge in [-0.25, -0.2) is 0 Å². The number of aromatic nitrogens is 1. The topological polar surface area (TPSA) is 20.9 Å². The second-order valence-corrected chi connectivity index (χ2v) is 5.81. The Balaban J connectivity index is 0.00000161. The van der Waals surface area contributed by atoms with Crippen molar-refractivity contribution in [1.29, 1.82) is 0 Å². The van der Waals surface area contributed by atoms with Crippen molar-refractivity contribution in [3.8, 4) is 0 Å². The van der Waals surface area contributed by atoms with Crippen molar-refractivity contribution < 1.29 is 26.3 Å². The average Bonchev–Trinajstić information content (AvgIpc) is 2.86. The fourth-order valence-electron chi connectivity index (χ4n) is 2.38. The monoisotopic (exact) mass is 361 g/mol. The maximum Gasteiger partial charge on any atom is 0.238 e. The van der Waals surface area contributed by atoms with Crippen molar-refractivity contribution in [2.45, 2.75) is 19.9 Å². The van der Waals surface area contributed by atoms with E-state index in [4.69, 9.17) is 0 Å². The number of halogens is 1. The summed E-state index contributed by atoms with van der Waals surface area (Å²) in [6, 6.07) is 17.8. The maximum atomic E-state index is 12.4. The lowest BCUT2D eigenvalue weighted by Gasteiger charge is -1.99. The van der Waals surface area contributed by atoms with Crippen LogP contribution >= 0.6 is 11.3 Å². The molecule has 2 nitrogen and oxygen atoms in total. The molecule has 4 heteroatoms. The Morgan fingerprint density at radius 1 is 1.05 bits per heavy atom. The number of thiazole rings is 1. The molecule has 0 spiro atoms. The Bertz CT molecular complexity index is 752. The van der Waals surface area contributed by atoms with Crippen LogP contribution in [0.2, 0.25) is 0 Å². The van der Waals surface area contributed by atoms with Crippen LogP contribution in [-0.4, -0.2) is 5.78 Å². The van der Waals surface area contributed by atoms with Crippen LogP contribution in [0, 0.1) is 0 Å². The van der Waals surface area contributed by atoms with E-state index in [1.165, 1.54) is 9.71 Å². The van der Waals surface area contributed by atoms with Gasteiger partial charge >= 0.3 is 0 Å². The fraction of sp³-hybridized carbons (Fsp3) is 0.176. The number of ketones is 1. The van der Waals surface area contributed by atoms with Crippen LogP contribution < -0.4 is 21.5 Å².